The van der Waals surface area contributed by atoms with Crippen molar-refractivity contribution in [2.45, 2.75) is 45.8 Å². The van der Waals surface area contributed by atoms with Crippen LogP contribution in [0.25, 0.3) is 0 Å². The van der Waals surface area contributed by atoms with E-state index in [1.165, 1.54) is 0 Å². The van der Waals surface area contributed by atoms with Gasteiger partial charge in [0.15, 0.2) is 6.21 Å². The Morgan fingerprint density at radius 2 is 1.48 bits per heavy atom. The average molecular weight is 390 g/mol. The van der Waals surface area contributed by atoms with Gasteiger partial charge in [0.25, 0.3) is 5.95 Å². The molecular weight excluding hydrogens is 367 g/mol. The summed E-state index contributed by atoms with van der Waals surface area (Å²) in [6, 6.07) is 7.34. The van der Waals surface area contributed by atoms with E-state index < -0.39 is 18.5 Å². The summed E-state index contributed by atoms with van der Waals surface area (Å²) in [6.07, 6.45) is 3.21. The number of carbonyl (C=O) groups is 1. The van der Waals surface area contributed by atoms with E-state index in [0.717, 1.165) is 5.56 Å². The number of hydrogen-bond acceptors (Lipinski definition) is 3. The fourth-order valence-corrected chi connectivity index (χ4v) is 1.83. The molecule has 2 rings (SSSR count). The summed E-state index contributed by atoms with van der Waals surface area (Å²) in [5, 5.41) is 2.72. The summed E-state index contributed by atoms with van der Waals surface area (Å²) >= 11 is 0. The Labute approximate surface area is 155 Å². The predicted molar refractivity (Wildman–Crippen MR) is 94.3 cm³/mol. The van der Waals surface area contributed by atoms with Gasteiger partial charge in [-0.3, -0.25) is 4.79 Å². The Kier molecular flexibility index (Phi) is 7.05. The fourth-order valence-electron chi connectivity index (χ4n) is 1.83. The Bertz CT molecular complexity index is 690. The van der Waals surface area contributed by atoms with Crippen LogP contribution in [0.3, 0.4) is 0 Å². The highest BCUT2D eigenvalue weighted by Gasteiger charge is 2.48. The number of amides is 1. The monoisotopic (exact) mass is 390 g/mol. The van der Waals surface area contributed by atoms with Crippen molar-refractivity contribution in [1.29, 1.82) is 0 Å². The number of benzene rings is 1. The van der Waals surface area contributed by atoms with Gasteiger partial charge in [-0.25, -0.2) is 0 Å². The lowest BCUT2D eigenvalue weighted by atomic mass is 9.90. The number of hydrazone groups is 1. The van der Waals surface area contributed by atoms with E-state index in [4.69, 9.17) is 9.47 Å². The van der Waals surface area contributed by atoms with Crippen LogP contribution in [0.2, 0.25) is 0 Å². The van der Waals surface area contributed by atoms with Crippen molar-refractivity contribution in [1.82, 2.24) is 5.43 Å². The normalized spacial score (nSPS) is 17.4. The van der Waals surface area contributed by atoms with E-state index in [1.54, 1.807) is 24.4 Å². The molecule has 0 saturated carbocycles. The van der Waals surface area contributed by atoms with Gasteiger partial charge in [-0.05, 0) is 46.8 Å². The summed E-state index contributed by atoms with van der Waals surface area (Å²) in [5.74, 6) is 0.218. The molecule has 0 radical (unpaired) electrons. The summed E-state index contributed by atoms with van der Waals surface area (Å²) in [5.41, 5.74) is 3.48. The van der Waals surface area contributed by atoms with E-state index in [1.807, 2.05) is 46.8 Å². The largest absolute Gasteiger partial charge is 0.673 e. The lowest BCUT2D eigenvalue weighted by Crippen LogP contribution is -2.81. The molecule has 2 N–H and O–H groups in total. The van der Waals surface area contributed by atoms with Crippen LogP contribution in [0.5, 0.6) is 0 Å². The van der Waals surface area contributed by atoms with Gasteiger partial charge in [-0.15, -0.1) is 10.5 Å². The van der Waals surface area contributed by atoms with Crippen LogP contribution in [0.1, 0.15) is 43.6 Å². The van der Waals surface area contributed by atoms with Gasteiger partial charge in [-0.2, -0.15) is 0 Å². The third-order valence-electron chi connectivity index (χ3n) is 3.96. The zero-order valence-corrected chi connectivity index (χ0v) is 15.8. The topological polar surface area (TPSA) is 61.5 Å². The quantitative estimate of drug-likeness (QED) is 0.361. The van der Waals surface area contributed by atoms with Crippen molar-refractivity contribution < 1.29 is 36.6 Å². The van der Waals surface area contributed by atoms with Crippen LogP contribution in [-0.4, -0.2) is 30.6 Å². The number of carbonyl (C=O) groups excluding carboxylic acids is 1. The molecule has 0 spiro atoms. The summed E-state index contributed by atoms with van der Waals surface area (Å²) in [7, 11) is -6.00. The fraction of sp³-hybridized carbons (Fsp3) is 0.412. The number of hydrazine groups is 1. The van der Waals surface area contributed by atoms with Crippen LogP contribution < -0.4 is 10.5 Å². The molecule has 0 aliphatic carbocycles. The molecule has 1 aromatic rings. The number of allylic oxidation sites excluding steroid dienone is 1. The third-order valence-corrected chi connectivity index (χ3v) is 3.96. The first kappa shape index (κ1) is 22.5. The average Bonchev–Trinajstić information content (AvgIpc) is 2.70. The number of nitrogens with one attached hydrogen (secondary N) is 2. The van der Waals surface area contributed by atoms with Gasteiger partial charge in [0.05, 0.1) is 6.08 Å². The first-order valence-electron chi connectivity index (χ1n) is 8.13. The lowest BCUT2D eigenvalue weighted by molar-refractivity contribution is -0.502. The molecule has 150 valence electrons. The molecule has 27 heavy (non-hydrogen) atoms. The van der Waals surface area contributed by atoms with E-state index >= 15 is 0 Å². The van der Waals surface area contributed by atoms with Crippen LogP contribution in [0, 0.1) is 6.92 Å². The molecule has 5 nitrogen and oxygen atoms in total. The molecule has 0 atom stereocenters. The summed E-state index contributed by atoms with van der Waals surface area (Å²) in [6.45, 7) is 9.87. The van der Waals surface area contributed by atoms with Crippen LogP contribution in [0.4, 0.5) is 17.3 Å². The van der Waals surface area contributed by atoms with E-state index in [2.05, 4.69) is 10.5 Å². The number of halogens is 4. The van der Waals surface area contributed by atoms with Gasteiger partial charge < -0.3 is 26.7 Å². The molecule has 1 heterocycles. The minimum atomic E-state index is -6.00. The van der Waals surface area contributed by atoms with E-state index in [9.17, 15) is 22.1 Å². The van der Waals surface area contributed by atoms with Crippen molar-refractivity contribution in [3.63, 3.8) is 0 Å². The smallest absolute Gasteiger partial charge is 0.455 e. The van der Waals surface area contributed by atoms with Gasteiger partial charge in [0.1, 0.15) is 11.2 Å². The second-order valence-electron chi connectivity index (χ2n) is 6.84. The highest BCUT2D eigenvalue weighted by Crippen LogP contribution is 2.39. The lowest BCUT2D eigenvalue weighted by Gasteiger charge is -2.28. The second-order valence-corrected chi connectivity index (χ2v) is 6.84. The summed E-state index contributed by atoms with van der Waals surface area (Å²) in [4.78, 5) is 11.9. The summed E-state index contributed by atoms with van der Waals surface area (Å²) < 4.78 is 50.4. The van der Waals surface area contributed by atoms with Gasteiger partial charge in [0, 0.05) is 5.56 Å². The van der Waals surface area contributed by atoms with Crippen molar-refractivity contribution in [2.75, 3.05) is 0 Å². The standard InChI is InChI=1S/C17H22N2O3.BF4/c1-12-6-8-13(9-7-12)15(20)19-18-11-10-14-21-16(2,3)17(4,5)22-14;2-1(3,4)5/h6-11H,1-5H3,(H,19,20);/q;-1/p+1. The predicted octanol–water partition coefficient (Wildman–Crippen LogP) is 2.54. The highest BCUT2D eigenvalue weighted by atomic mass is 19.5. The zero-order valence-electron chi connectivity index (χ0n) is 15.8. The SMILES string of the molecule is Cc1ccc(C(=O)N[NH+]=CC=C2OC(C)(C)C(C)(C)O2)cc1.F[B-](F)(F)F. The first-order valence-corrected chi connectivity index (χ1v) is 8.13. The van der Waals surface area contributed by atoms with Crippen LogP contribution in [-0.2, 0) is 9.47 Å². The molecule has 1 amide bonds. The van der Waals surface area contributed by atoms with Crippen LogP contribution >= 0.6 is 0 Å². The Morgan fingerprint density at radius 1 is 1.04 bits per heavy atom. The molecule has 1 saturated heterocycles. The number of hydrogen-bond donors (Lipinski definition) is 2. The van der Waals surface area contributed by atoms with Gasteiger partial charge >= 0.3 is 13.2 Å². The van der Waals surface area contributed by atoms with Crippen molar-refractivity contribution in [2.24, 2.45) is 0 Å². The Morgan fingerprint density at radius 3 is 1.93 bits per heavy atom. The zero-order chi connectivity index (χ0) is 20.9. The minimum Gasteiger partial charge on any atom is -0.455 e. The maximum absolute atomic E-state index is 11.9. The maximum Gasteiger partial charge on any atom is 0.673 e. The molecule has 0 aromatic heterocycles. The highest BCUT2D eigenvalue weighted by molar-refractivity contribution is 6.50. The molecule has 0 unspecified atom stereocenters. The first-order chi connectivity index (χ1) is 12.2. The van der Waals surface area contributed by atoms with E-state index in [-0.39, 0.29) is 5.91 Å². The van der Waals surface area contributed by atoms with Crippen molar-refractivity contribution in [3.8, 4) is 0 Å². The van der Waals surface area contributed by atoms with Crippen molar-refractivity contribution in [3.05, 3.63) is 47.4 Å². The second kappa shape index (κ2) is 8.45. The molecule has 1 aromatic carbocycles. The number of rotatable bonds is 3. The van der Waals surface area contributed by atoms with E-state index in [0.29, 0.717) is 11.5 Å². The van der Waals surface area contributed by atoms with Gasteiger partial charge in [-0.1, -0.05) is 17.7 Å². The maximum atomic E-state index is 11.9. The van der Waals surface area contributed by atoms with Crippen molar-refractivity contribution >= 4 is 19.4 Å². The molecular formula is C17H23BF4N2O3. The molecule has 0 bridgehead atoms. The Balaban J connectivity index is 0.000000646. The molecule has 1 fully saturated rings. The number of ether oxygens (including phenoxy) is 2. The minimum absolute atomic E-state index is 0.205. The van der Waals surface area contributed by atoms with Crippen LogP contribution in [0.15, 0.2) is 36.3 Å². The van der Waals surface area contributed by atoms with Gasteiger partial charge in [0.2, 0.25) is 0 Å². The molecule has 1 aliphatic rings. The number of aryl methyl sites for hydroxylation is 1. The molecule has 1 aliphatic heterocycles. The molecule has 10 heteroatoms. The third kappa shape index (κ3) is 7.72. The Hall–Kier alpha value is -2.52.